The highest BCUT2D eigenvalue weighted by atomic mass is 32.2. The Kier molecular flexibility index (Phi) is 3.32. The maximum absolute atomic E-state index is 12.6. The minimum atomic E-state index is -3.39. The molecule has 0 saturated heterocycles. The molecule has 6 heteroatoms. The zero-order valence-corrected chi connectivity index (χ0v) is 12.8. The Balaban J connectivity index is 1.93. The van der Waals surface area contributed by atoms with Crippen LogP contribution in [0.5, 0.6) is 0 Å². The van der Waals surface area contributed by atoms with Crippen LogP contribution in [-0.2, 0) is 23.0 Å². The van der Waals surface area contributed by atoms with Crippen molar-refractivity contribution < 1.29 is 8.42 Å². The Morgan fingerprint density at radius 3 is 2.70 bits per heavy atom. The van der Waals surface area contributed by atoms with Crippen LogP contribution in [0.4, 0.5) is 5.69 Å². The number of sulfonamides is 1. The van der Waals surface area contributed by atoms with Gasteiger partial charge in [0.1, 0.15) is 4.21 Å². The first-order valence-electron chi connectivity index (χ1n) is 6.41. The predicted octanol–water partition coefficient (Wildman–Crippen LogP) is 2.39. The summed E-state index contributed by atoms with van der Waals surface area (Å²) in [6.07, 6.45) is 0.735. The van der Waals surface area contributed by atoms with Crippen LogP contribution in [0, 0.1) is 6.92 Å². The maximum Gasteiger partial charge on any atom is 0.252 e. The molecule has 106 valence electrons. The van der Waals surface area contributed by atoms with E-state index in [4.69, 9.17) is 5.73 Å². The fourth-order valence-corrected chi connectivity index (χ4v) is 5.29. The van der Waals surface area contributed by atoms with Crippen molar-refractivity contribution in [3.8, 4) is 0 Å². The molecule has 1 aliphatic heterocycles. The highest BCUT2D eigenvalue weighted by molar-refractivity contribution is 7.91. The van der Waals surface area contributed by atoms with Crippen LogP contribution in [0.2, 0.25) is 0 Å². The summed E-state index contributed by atoms with van der Waals surface area (Å²) in [5, 5.41) is 0. The lowest BCUT2D eigenvalue weighted by molar-refractivity contribution is 0.392. The molecule has 0 fully saturated rings. The molecule has 3 rings (SSSR count). The van der Waals surface area contributed by atoms with Gasteiger partial charge in [-0.2, -0.15) is 4.31 Å². The van der Waals surface area contributed by atoms with Gasteiger partial charge in [0.05, 0.1) is 0 Å². The lowest BCUT2D eigenvalue weighted by Crippen LogP contribution is -2.35. The normalized spacial score (nSPS) is 16.1. The van der Waals surface area contributed by atoms with E-state index in [0.717, 1.165) is 16.9 Å². The minimum Gasteiger partial charge on any atom is -0.399 e. The molecule has 20 heavy (non-hydrogen) atoms. The molecule has 0 amide bonds. The molecule has 0 aliphatic carbocycles. The molecule has 1 aromatic heterocycles. The molecule has 2 N–H and O–H groups in total. The molecule has 0 radical (unpaired) electrons. The summed E-state index contributed by atoms with van der Waals surface area (Å²) < 4.78 is 27.2. The van der Waals surface area contributed by atoms with Crippen molar-refractivity contribution in [3.63, 3.8) is 0 Å². The lowest BCUT2D eigenvalue weighted by atomic mass is 10.0. The van der Waals surface area contributed by atoms with E-state index in [1.807, 2.05) is 31.2 Å². The number of aryl methyl sites for hydroxylation is 1. The van der Waals surface area contributed by atoms with Crippen LogP contribution in [0.3, 0.4) is 0 Å². The van der Waals surface area contributed by atoms with Crippen LogP contribution >= 0.6 is 11.3 Å². The fraction of sp³-hybridized carbons (Fsp3) is 0.286. The molecule has 0 spiro atoms. The standard InChI is InChI=1S/C14H16N2O2S2/c1-10-2-5-14(19-10)20(17,18)16-7-6-11-3-4-13(15)8-12(11)9-16/h2-5,8H,6-7,9,15H2,1H3. The van der Waals surface area contributed by atoms with Crippen molar-refractivity contribution in [2.45, 2.75) is 24.1 Å². The van der Waals surface area contributed by atoms with Crippen molar-refractivity contribution >= 4 is 27.0 Å². The third-order valence-corrected chi connectivity index (χ3v) is 6.83. The number of nitrogens with zero attached hydrogens (tertiary/aromatic N) is 1. The summed E-state index contributed by atoms with van der Waals surface area (Å²) in [7, 11) is -3.39. The van der Waals surface area contributed by atoms with E-state index in [2.05, 4.69) is 0 Å². The zero-order valence-electron chi connectivity index (χ0n) is 11.2. The number of thiophene rings is 1. The maximum atomic E-state index is 12.6. The van der Waals surface area contributed by atoms with Gasteiger partial charge in [-0.25, -0.2) is 8.42 Å². The third kappa shape index (κ3) is 2.34. The molecule has 1 aromatic carbocycles. The Morgan fingerprint density at radius 2 is 2.00 bits per heavy atom. The largest absolute Gasteiger partial charge is 0.399 e. The van der Waals surface area contributed by atoms with Crippen molar-refractivity contribution in [3.05, 3.63) is 46.3 Å². The van der Waals surface area contributed by atoms with E-state index in [1.54, 1.807) is 10.4 Å². The summed E-state index contributed by atoms with van der Waals surface area (Å²) in [5.41, 5.74) is 8.66. The van der Waals surface area contributed by atoms with Gasteiger partial charge in [-0.1, -0.05) is 6.07 Å². The molecule has 1 aliphatic rings. The van der Waals surface area contributed by atoms with Gasteiger partial charge in [-0.15, -0.1) is 11.3 Å². The van der Waals surface area contributed by atoms with Gasteiger partial charge in [0.2, 0.25) is 0 Å². The van der Waals surface area contributed by atoms with Crippen molar-refractivity contribution in [2.75, 3.05) is 12.3 Å². The van der Waals surface area contributed by atoms with E-state index < -0.39 is 10.0 Å². The first kappa shape index (κ1) is 13.6. The molecule has 0 saturated carbocycles. The predicted molar refractivity (Wildman–Crippen MR) is 81.2 cm³/mol. The molecule has 2 heterocycles. The van der Waals surface area contributed by atoms with Crippen LogP contribution in [0.1, 0.15) is 16.0 Å². The van der Waals surface area contributed by atoms with Crippen LogP contribution in [-0.4, -0.2) is 19.3 Å². The Morgan fingerprint density at radius 1 is 1.20 bits per heavy atom. The van der Waals surface area contributed by atoms with E-state index in [9.17, 15) is 8.42 Å². The Labute approximate surface area is 122 Å². The summed E-state index contributed by atoms with van der Waals surface area (Å²) in [5.74, 6) is 0. The second-order valence-corrected chi connectivity index (χ2v) is 8.43. The SMILES string of the molecule is Cc1ccc(S(=O)(=O)N2CCc3ccc(N)cc3C2)s1. The molecular weight excluding hydrogens is 292 g/mol. The summed E-state index contributed by atoms with van der Waals surface area (Å²) in [6, 6.07) is 9.25. The molecule has 4 nitrogen and oxygen atoms in total. The van der Waals surface area contributed by atoms with Crippen molar-refractivity contribution in [1.29, 1.82) is 0 Å². The number of hydrogen-bond donors (Lipinski definition) is 1. The minimum absolute atomic E-state index is 0.402. The molecular formula is C14H16N2O2S2. The van der Waals surface area contributed by atoms with Crippen LogP contribution < -0.4 is 5.73 Å². The third-order valence-electron chi connectivity index (χ3n) is 3.52. The number of anilines is 1. The number of nitrogen functional groups attached to an aromatic ring is 1. The second kappa shape index (κ2) is 4.87. The number of benzene rings is 1. The smallest absolute Gasteiger partial charge is 0.252 e. The summed E-state index contributed by atoms with van der Waals surface area (Å²) in [6.45, 7) is 2.84. The first-order chi connectivity index (χ1) is 9.46. The Hall–Kier alpha value is -1.37. The molecule has 2 aromatic rings. The highest BCUT2D eigenvalue weighted by Gasteiger charge is 2.29. The van der Waals surface area contributed by atoms with Crippen LogP contribution in [0.25, 0.3) is 0 Å². The van der Waals surface area contributed by atoms with Gasteiger partial charge >= 0.3 is 0 Å². The molecule has 0 bridgehead atoms. The van der Waals surface area contributed by atoms with E-state index in [0.29, 0.717) is 23.0 Å². The van der Waals surface area contributed by atoms with Crippen LogP contribution in [0.15, 0.2) is 34.5 Å². The summed E-state index contributed by atoms with van der Waals surface area (Å²) in [4.78, 5) is 1.00. The van der Waals surface area contributed by atoms with Gasteiger partial charge in [0, 0.05) is 23.7 Å². The molecule has 0 atom stereocenters. The number of fused-ring (bicyclic) bond motifs is 1. The average molecular weight is 308 g/mol. The lowest BCUT2D eigenvalue weighted by Gasteiger charge is -2.27. The Bertz CT molecular complexity index is 750. The van der Waals surface area contributed by atoms with Gasteiger partial charge in [-0.3, -0.25) is 0 Å². The highest BCUT2D eigenvalue weighted by Crippen LogP contribution is 2.29. The van der Waals surface area contributed by atoms with E-state index in [1.165, 1.54) is 16.9 Å². The topological polar surface area (TPSA) is 63.4 Å². The number of rotatable bonds is 2. The monoisotopic (exact) mass is 308 g/mol. The fourth-order valence-electron chi connectivity index (χ4n) is 2.43. The van der Waals surface area contributed by atoms with E-state index in [-0.39, 0.29) is 0 Å². The molecule has 0 unspecified atom stereocenters. The van der Waals surface area contributed by atoms with Gasteiger partial charge < -0.3 is 5.73 Å². The average Bonchev–Trinajstić information content (AvgIpc) is 2.85. The quantitative estimate of drug-likeness (QED) is 0.866. The number of hydrogen-bond acceptors (Lipinski definition) is 4. The van der Waals surface area contributed by atoms with Gasteiger partial charge in [0.15, 0.2) is 0 Å². The van der Waals surface area contributed by atoms with E-state index >= 15 is 0 Å². The first-order valence-corrected chi connectivity index (χ1v) is 8.66. The van der Waals surface area contributed by atoms with Gasteiger partial charge in [-0.05, 0) is 48.7 Å². The van der Waals surface area contributed by atoms with Crippen molar-refractivity contribution in [1.82, 2.24) is 4.31 Å². The van der Waals surface area contributed by atoms with Gasteiger partial charge in [0.25, 0.3) is 10.0 Å². The second-order valence-electron chi connectivity index (χ2n) is 4.98. The number of nitrogens with two attached hydrogens (primary N) is 1. The summed E-state index contributed by atoms with van der Waals surface area (Å²) >= 11 is 1.32. The van der Waals surface area contributed by atoms with Crippen molar-refractivity contribution in [2.24, 2.45) is 0 Å². The zero-order chi connectivity index (χ0) is 14.3.